The number of hydrogen-bond acceptors (Lipinski definition) is 4. The van der Waals surface area contributed by atoms with Crippen LogP contribution < -0.4 is 10.3 Å². The highest BCUT2D eigenvalue weighted by atomic mass is 32.1. The van der Waals surface area contributed by atoms with Crippen molar-refractivity contribution in [1.82, 2.24) is 9.47 Å². The predicted molar refractivity (Wildman–Crippen MR) is 95.0 cm³/mol. The lowest BCUT2D eigenvalue weighted by molar-refractivity contribution is 0.0599. The number of amides is 1. The van der Waals surface area contributed by atoms with Gasteiger partial charge in [0.25, 0.3) is 11.5 Å². The molecule has 0 atom stereocenters. The van der Waals surface area contributed by atoms with E-state index in [9.17, 15) is 9.59 Å². The van der Waals surface area contributed by atoms with Crippen molar-refractivity contribution in [3.63, 3.8) is 0 Å². The van der Waals surface area contributed by atoms with Gasteiger partial charge in [-0.3, -0.25) is 9.59 Å². The molecule has 5 nitrogen and oxygen atoms in total. The van der Waals surface area contributed by atoms with E-state index < -0.39 is 0 Å². The Labute approximate surface area is 145 Å². The molecule has 1 aliphatic heterocycles. The Hall–Kier alpha value is -2.08. The fraction of sp³-hybridized carbons (Fsp3) is 0.444. The van der Waals surface area contributed by atoms with E-state index in [0.29, 0.717) is 18.8 Å². The largest absolute Gasteiger partial charge is 0.490 e. The van der Waals surface area contributed by atoms with Crippen molar-refractivity contribution in [2.75, 3.05) is 13.1 Å². The molecule has 128 valence electrons. The highest BCUT2D eigenvalue weighted by molar-refractivity contribution is 7.12. The molecule has 1 fully saturated rings. The van der Waals surface area contributed by atoms with E-state index in [1.165, 1.54) is 17.4 Å². The SMILES string of the molecule is Cc1csc(C(=O)N2CCC(Oc3cc(C)n(C)c(=O)c3)CC2)c1. The second-order valence-corrected chi connectivity index (χ2v) is 7.24. The second kappa shape index (κ2) is 6.81. The zero-order valence-corrected chi connectivity index (χ0v) is 15.1. The minimum Gasteiger partial charge on any atom is -0.490 e. The minimum absolute atomic E-state index is 0.0469. The normalized spacial score (nSPS) is 15.5. The number of carbonyl (C=O) groups is 1. The Bertz CT molecular complexity index is 801. The molecule has 3 rings (SSSR count). The Balaban J connectivity index is 1.59. The summed E-state index contributed by atoms with van der Waals surface area (Å²) >= 11 is 1.50. The Morgan fingerprint density at radius 3 is 2.50 bits per heavy atom. The molecule has 0 bridgehead atoms. The van der Waals surface area contributed by atoms with Gasteiger partial charge >= 0.3 is 0 Å². The maximum absolute atomic E-state index is 12.5. The van der Waals surface area contributed by atoms with Crippen molar-refractivity contribution in [1.29, 1.82) is 0 Å². The molecule has 0 aromatic carbocycles. The van der Waals surface area contributed by atoms with E-state index in [-0.39, 0.29) is 17.6 Å². The summed E-state index contributed by atoms with van der Waals surface area (Å²) in [5, 5.41) is 2.00. The first-order valence-electron chi connectivity index (χ1n) is 8.13. The number of likely N-dealkylation sites (tertiary alicyclic amines) is 1. The van der Waals surface area contributed by atoms with Gasteiger partial charge in [-0.2, -0.15) is 0 Å². The molecule has 6 heteroatoms. The van der Waals surface area contributed by atoms with Crippen molar-refractivity contribution >= 4 is 17.2 Å². The zero-order valence-electron chi connectivity index (χ0n) is 14.2. The first-order valence-corrected chi connectivity index (χ1v) is 9.01. The number of piperidine rings is 1. The van der Waals surface area contributed by atoms with Crippen LogP contribution in [0, 0.1) is 13.8 Å². The summed E-state index contributed by atoms with van der Waals surface area (Å²) in [4.78, 5) is 27.0. The molecule has 0 saturated carbocycles. The highest BCUT2D eigenvalue weighted by Gasteiger charge is 2.25. The molecular weight excluding hydrogens is 324 g/mol. The zero-order chi connectivity index (χ0) is 17.3. The summed E-state index contributed by atoms with van der Waals surface area (Å²) in [5.41, 5.74) is 1.94. The van der Waals surface area contributed by atoms with Gasteiger partial charge in [0.2, 0.25) is 0 Å². The number of carbonyl (C=O) groups excluding carboxylic acids is 1. The van der Waals surface area contributed by atoms with Crippen molar-refractivity contribution in [2.45, 2.75) is 32.8 Å². The number of pyridine rings is 1. The first-order chi connectivity index (χ1) is 11.4. The molecule has 0 N–H and O–H groups in total. The molecule has 1 saturated heterocycles. The summed E-state index contributed by atoms with van der Waals surface area (Å²) in [7, 11) is 1.75. The van der Waals surface area contributed by atoms with E-state index in [2.05, 4.69) is 0 Å². The fourth-order valence-corrected chi connectivity index (χ4v) is 3.74. The van der Waals surface area contributed by atoms with Gasteiger partial charge in [0.1, 0.15) is 11.9 Å². The summed E-state index contributed by atoms with van der Waals surface area (Å²) in [6.07, 6.45) is 1.61. The number of aryl methyl sites for hydroxylation is 2. The van der Waals surface area contributed by atoms with Crippen LogP contribution in [0.25, 0.3) is 0 Å². The summed E-state index contributed by atoms with van der Waals surface area (Å²) < 4.78 is 7.56. The maximum Gasteiger partial charge on any atom is 0.263 e. The van der Waals surface area contributed by atoms with Crippen LogP contribution >= 0.6 is 11.3 Å². The number of thiophene rings is 1. The molecule has 3 heterocycles. The van der Waals surface area contributed by atoms with Gasteiger partial charge in [0.15, 0.2) is 0 Å². The first kappa shape index (κ1) is 16.8. The van der Waals surface area contributed by atoms with E-state index in [0.717, 1.165) is 29.0 Å². The van der Waals surface area contributed by atoms with Gasteiger partial charge in [0.05, 0.1) is 4.88 Å². The minimum atomic E-state index is -0.0642. The van der Waals surface area contributed by atoms with Crippen molar-refractivity contribution < 1.29 is 9.53 Å². The topological polar surface area (TPSA) is 51.5 Å². The lowest BCUT2D eigenvalue weighted by Gasteiger charge is -2.32. The smallest absolute Gasteiger partial charge is 0.263 e. The van der Waals surface area contributed by atoms with Crippen molar-refractivity contribution in [3.05, 3.63) is 50.1 Å². The van der Waals surface area contributed by atoms with Crippen molar-refractivity contribution in [3.8, 4) is 5.75 Å². The third-order valence-corrected chi connectivity index (χ3v) is 5.49. The highest BCUT2D eigenvalue weighted by Crippen LogP contribution is 2.22. The van der Waals surface area contributed by atoms with Gasteiger partial charge in [-0.05, 0) is 36.9 Å². The number of nitrogens with zero attached hydrogens (tertiary/aromatic N) is 2. The maximum atomic E-state index is 12.5. The van der Waals surface area contributed by atoms with Crippen LogP contribution in [-0.2, 0) is 7.05 Å². The average molecular weight is 346 g/mol. The van der Waals surface area contributed by atoms with Gasteiger partial charge in [-0.25, -0.2) is 0 Å². The number of hydrogen-bond donors (Lipinski definition) is 0. The van der Waals surface area contributed by atoms with Crippen LogP contribution in [0.4, 0.5) is 0 Å². The molecule has 24 heavy (non-hydrogen) atoms. The Kier molecular flexibility index (Phi) is 4.76. The second-order valence-electron chi connectivity index (χ2n) is 6.33. The molecule has 0 radical (unpaired) electrons. The monoisotopic (exact) mass is 346 g/mol. The third kappa shape index (κ3) is 3.53. The number of aromatic nitrogens is 1. The number of ether oxygens (including phenoxy) is 1. The van der Waals surface area contributed by atoms with Crippen LogP contribution in [0.3, 0.4) is 0 Å². The van der Waals surface area contributed by atoms with E-state index in [4.69, 9.17) is 4.74 Å². The third-order valence-electron chi connectivity index (χ3n) is 4.45. The molecule has 1 amide bonds. The quantitative estimate of drug-likeness (QED) is 0.859. The molecular formula is C18H22N2O3S. The summed E-state index contributed by atoms with van der Waals surface area (Å²) in [6.45, 7) is 5.26. The van der Waals surface area contributed by atoms with Crippen LogP contribution in [0.1, 0.15) is 33.8 Å². The van der Waals surface area contributed by atoms with Gasteiger partial charge in [-0.1, -0.05) is 0 Å². The van der Waals surface area contributed by atoms with Crippen molar-refractivity contribution in [2.24, 2.45) is 7.05 Å². The van der Waals surface area contributed by atoms with Gasteiger partial charge < -0.3 is 14.2 Å². The van der Waals surface area contributed by atoms with Crippen LogP contribution in [0.5, 0.6) is 5.75 Å². The van der Waals surface area contributed by atoms with Crippen LogP contribution in [0.2, 0.25) is 0 Å². The molecule has 0 spiro atoms. The number of rotatable bonds is 3. The molecule has 0 unspecified atom stereocenters. The van der Waals surface area contributed by atoms with Gasteiger partial charge in [0, 0.05) is 44.7 Å². The summed E-state index contributed by atoms with van der Waals surface area (Å²) in [5.74, 6) is 0.727. The van der Waals surface area contributed by atoms with E-state index >= 15 is 0 Å². The average Bonchev–Trinajstić information content (AvgIpc) is 2.99. The standard InChI is InChI=1S/C18H22N2O3S/c1-12-8-16(24-11-12)18(22)20-6-4-14(5-7-20)23-15-9-13(2)19(3)17(21)10-15/h8-11,14H,4-7H2,1-3H3. The molecule has 2 aromatic heterocycles. The van der Waals surface area contributed by atoms with Gasteiger partial charge in [-0.15, -0.1) is 11.3 Å². The molecule has 2 aromatic rings. The van der Waals surface area contributed by atoms with E-state index in [1.54, 1.807) is 11.6 Å². The van der Waals surface area contributed by atoms with E-state index in [1.807, 2.05) is 36.3 Å². The van der Waals surface area contributed by atoms with Crippen LogP contribution in [0.15, 0.2) is 28.4 Å². The Morgan fingerprint density at radius 1 is 1.21 bits per heavy atom. The van der Waals surface area contributed by atoms with Crippen LogP contribution in [-0.4, -0.2) is 34.6 Å². The lowest BCUT2D eigenvalue weighted by atomic mass is 10.1. The summed E-state index contributed by atoms with van der Waals surface area (Å²) in [6, 6.07) is 5.35. The molecule has 0 aliphatic carbocycles. The fourth-order valence-electron chi connectivity index (χ4n) is 2.87. The Morgan fingerprint density at radius 2 is 1.92 bits per heavy atom. The lowest BCUT2D eigenvalue weighted by Crippen LogP contribution is -2.41. The molecule has 1 aliphatic rings. The predicted octanol–water partition coefficient (Wildman–Crippen LogP) is 2.75.